The lowest BCUT2D eigenvalue weighted by molar-refractivity contribution is -0.124. The first kappa shape index (κ1) is 16.7. The Morgan fingerprint density at radius 1 is 1.25 bits per heavy atom. The van der Waals surface area contributed by atoms with Gasteiger partial charge in [-0.1, -0.05) is 30.3 Å². The maximum atomic E-state index is 12.0. The third kappa shape index (κ3) is 3.67. The molecule has 0 bridgehead atoms. The second-order valence-electron chi connectivity index (χ2n) is 6.80. The summed E-state index contributed by atoms with van der Waals surface area (Å²) in [5.74, 6) is 0.335. The van der Waals surface area contributed by atoms with Crippen LogP contribution in [-0.4, -0.2) is 33.7 Å². The Bertz CT molecular complexity index is 687. The lowest BCUT2D eigenvalue weighted by Gasteiger charge is -2.36. The fraction of sp³-hybridized carbons (Fsp3) is 0.474. The lowest BCUT2D eigenvalue weighted by atomic mass is 9.94. The number of likely N-dealkylation sites (tertiary alicyclic amines) is 1. The monoisotopic (exact) mass is 326 g/mol. The molecule has 0 spiro atoms. The van der Waals surface area contributed by atoms with Crippen molar-refractivity contribution in [3.63, 3.8) is 0 Å². The van der Waals surface area contributed by atoms with Gasteiger partial charge in [-0.05, 0) is 57.3 Å². The Labute approximate surface area is 143 Å². The number of hydrogen-bond donors (Lipinski definition) is 1. The Hall–Kier alpha value is -2.14. The fourth-order valence-corrected chi connectivity index (χ4v) is 3.69. The van der Waals surface area contributed by atoms with E-state index < -0.39 is 0 Å². The summed E-state index contributed by atoms with van der Waals surface area (Å²) in [4.78, 5) is 14.2. The number of benzene rings is 1. The second kappa shape index (κ2) is 7.18. The number of nitrogens with two attached hydrogens (primary N) is 1. The highest BCUT2D eigenvalue weighted by atomic mass is 16.1. The van der Waals surface area contributed by atoms with E-state index in [0.29, 0.717) is 5.92 Å². The molecule has 5 heteroatoms. The predicted molar refractivity (Wildman–Crippen MR) is 94.4 cm³/mol. The number of aromatic nitrogens is 2. The number of nitrogens with zero attached hydrogens (tertiary/aromatic N) is 3. The smallest absolute Gasteiger partial charge is 0.239 e. The molecule has 1 aliphatic rings. The summed E-state index contributed by atoms with van der Waals surface area (Å²) in [6.07, 6.45) is 2.13. The molecule has 2 N–H and O–H groups in total. The van der Waals surface area contributed by atoms with Crippen molar-refractivity contribution in [2.75, 3.05) is 13.1 Å². The first-order valence-corrected chi connectivity index (χ1v) is 8.64. The van der Waals surface area contributed by atoms with E-state index in [1.807, 2.05) is 37.3 Å². The van der Waals surface area contributed by atoms with Crippen molar-refractivity contribution in [3.8, 4) is 0 Å². The van der Waals surface area contributed by atoms with Crippen LogP contribution in [0.15, 0.2) is 36.4 Å². The molecule has 3 rings (SSSR count). The molecule has 24 heavy (non-hydrogen) atoms. The Morgan fingerprint density at radius 3 is 2.46 bits per heavy atom. The van der Waals surface area contributed by atoms with E-state index in [0.717, 1.165) is 43.7 Å². The fourth-order valence-electron chi connectivity index (χ4n) is 3.69. The van der Waals surface area contributed by atoms with E-state index in [1.165, 1.54) is 5.69 Å². The summed E-state index contributed by atoms with van der Waals surface area (Å²) >= 11 is 0. The molecule has 1 unspecified atom stereocenters. The average molecular weight is 326 g/mol. The highest BCUT2D eigenvalue weighted by molar-refractivity contribution is 5.81. The molecule has 128 valence electrons. The molecule has 1 aliphatic heterocycles. The molecule has 1 fully saturated rings. The maximum Gasteiger partial charge on any atom is 0.239 e. The zero-order valence-electron chi connectivity index (χ0n) is 14.5. The Balaban J connectivity index is 1.63. The summed E-state index contributed by atoms with van der Waals surface area (Å²) in [7, 11) is 0. The average Bonchev–Trinajstić information content (AvgIpc) is 2.87. The van der Waals surface area contributed by atoms with E-state index in [-0.39, 0.29) is 11.9 Å². The number of rotatable bonds is 5. The van der Waals surface area contributed by atoms with Crippen molar-refractivity contribution < 1.29 is 4.79 Å². The van der Waals surface area contributed by atoms with Gasteiger partial charge in [0.2, 0.25) is 5.91 Å². The maximum absolute atomic E-state index is 12.0. The quantitative estimate of drug-likeness (QED) is 0.918. The van der Waals surface area contributed by atoms with Gasteiger partial charge < -0.3 is 5.73 Å². The van der Waals surface area contributed by atoms with Gasteiger partial charge in [-0.3, -0.25) is 14.4 Å². The zero-order chi connectivity index (χ0) is 17.1. The van der Waals surface area contributed by atoms with E-state index in [9.17, 15) is 4.79 Å². The number of carbonyl (C=O) groups excluding carboxylic acids is 1. The summed E-state index contributed by atoms with van der Waals surface area (Å²) in [6, 6.07) is 11.6. The van der Waals surface area contributed by atoms with Gasteiger partial charge in [0.15, 0.2) is 0 Å². The van der Waals surface area contributed by atoms with Crippen LogP contribution in [0.1, 0.15) is 35.8 Å². The number of carbonyl (C=O) groups is 1. The highest BCUT2D eigenvalue weighted by Gasteiger charge is 2.29. The van der Waals surface area contributed by atoms with Crippen molar-refractivity contribution in [1.29, 1.82) is 0 Å². The van der Waals surface area contributed by atoms with Gasteiger partial charge in [0, 0.05) is 12.2 Å². The molecule has 2 aromatic rings. The van der Waals surface area contributed by atoms with Gasteiger partial charge in [-0.2, -0.15) is 5.10 Å². The third-order valence-electron chi connectivity index (χ3n) is 4.93. The Kier molecular flexibility index (Phi) is 5.00. The minimum Gasteiger partial charge on any atom is -0.368 e. The van der Waals surface area contributed by atoms with Crippen LogP contribution < -0.4 is 5.73 Å². The normalized spacial score (nSPS) is 17.8. The Morgan fingerprint density at radius 2 is 1.92 bits per heavy atom. The van der Waals surface area contributed by atoms with Crippen LogP contribution in [0.25, 0.3) is 0 Å². The largest absolute Gasteiger partial charge is 0.368 e. The van der Waals surface area contributed by atoms with Gasteiger partial charge in [0.05, 0.1) is 5.69 Å². The topological polar surface area (TPSA) is 64.2 Å². The third-order valence-corrected chi connectivity index (χ3v) is 4.93. The standard InChI is InChI=1S/C19H26N4O/c1-14-12-15(2)23(21-14)13-16-8-10-22(11-9-16)18(19(20)24)17-6-4-3-5-7-17/h3-7,12,16,18H,8-11,13H2,1-2H3,(H2,20,24). The molecule has 0 aliphatic carbocycles. The first-order valence-electron chi connectivity index (χ1n) is 8.64. The first-order chi connectivity index (χ1) is 11.5. The second-order valence-corrected chi connectivity index (χ2v) is 6.80. The van der Waals surface area contributed by atoms with Crippen LogP contribution in [0.4, 0.5) is 0 Å². The van der Waals surface area contributed by atoms with Crippen molar-refractivity contribution in [2.24, 2.45) is 11.7 Å². The van der Waals surface area contributed by atoms with Gasteiger partial charge in [-0.25, -0.2) is 0 Å². The summed E-state index contributed by atoms with van der Waals surface area (Å²) < 4.78 is 2.11. The molecule has 1 aromatic heterocycles. The van der Waals surface area contributed by atoms with Crippen LogP contribution in [0.3, 0.4) is 0 Å². The van der Waals surface area contributed by atoms with Crippen molar-refractivity contribution in [1.82, 2.24) is 14.7 Å². The number of aryl methyl sites for hydroxylation is 2. The highest BCUT2D eigenvalue weighted by Crippen LogP contribution is 2.27. The molecule has 0 saturated carbocycles. The molecular weight excluding hydrogens is 300 g/mol. The van der Waals surface area contributed by atoms with Gasteiger partial charge in [-0.15, -0.1) is 0 Å². The van der Waals surface area contributed by atoms with Crippen molar-refractivity contribution >= 4 is 5.91 Å². The van der Waals surface area contributed by atoms with E-state index >= 15 is 0 Å². The lowest BCUT2D eigenvalue weighted by Crippen LogP contribution is -2.43. The molecule has 5 nitrogen and oxygen atoms in total. The summed E-state index contributed by atoms with van der Waals surface area (Å²) in [5, 5.41) is 4.56. The molecule has 1 atom stereocenters. The zero-order valence-corrected chi connectivity index (χ0v) is 14.5. The van der Waals surface area contributed by atoms with Crippen LogP contribution >= 0.6 is 0 Å². The molecular formula is C19H26N4O. The van der Waals surface area contributed by atoms with Gasteiger partial charge >= 0.3 is 0 Å². The van der Waals surface area contributed by atoms with E-state index in [2.05, 4.69) is 27.7 Å². The molecule has 1 amide bonds. The van der Waals surface area contributed by atoms with Gasteiger partial charge in [0.25, 0.3) is 0 Å². The summed E-state index contributed by atoms with van der Waals surface area (Å²) in [6.45, 7) is 6.89. The minimum absolute atomic E-state index is 0.266. The minimum atomic E-state index is -0.319. The van der Waals surface area contributed by atoms with Crippen molar-refractivity contribution in [3.05, 3.63) is 53.3 Å². The van der Waals surface area contributed by atoms with Crippen LogP contribution in [-0.2, 0) is 11.3 Å². The molecule has 0 radical (unpaired) electrons. The van der Waals surface area contributed by atoms with E-state index in [1.54, 1.807) is 0 Å². The van der Waals surface area contributed by atoms with Crippen LogP contribution in [0.5, 0.6) is 0 Å². The predicted octanol–water partition coefficient (Wildman–Crippen LogP) is 2.44. The van der Waals surface area contributed by atoms with Gasteiger partial charge in [0.1, 0.15) is 6.04 Å². The molecule has 1 saturated heterocycles. The number of hydrogen-bond acceptors (Lipinski definition) is 3. The summed E-state index contributed by atoms with van der Waals surface area (Å²) in [5.41, 5.74) is 8.96. The van der Waals surface area contributed by atoms with E-state index in [4.69, 9.17) is 5.73 Å². The van der Waals surface area contributed by atoms with Crippen LogP contribution in [0, 0.1) is 19.8 Å². The SMILES string of the molecule is Cc1cc(C)n(CC2CCN(C(C(N)=O)c3ccccc3)CC2)n1. The number of piperidine rings is 1. The number of primary amides is 1. The number of amides is 1. The molecule has 1 aromatic carbocycles. The molecule has 2 heterocycles. The van der Waals surface area contributed by atoms with Crippen LogP contribution in [0.2, 0.25) is 0 Å². The van der Waals surface area contributed by atoms with Crippen molar-refractivity contribution in [2.45, 2.75) is 39.3 Å².